The number of nitro benzene ring substituents is 1. The maximum atomic E-state index is 10.8. The van der Waals surface area contributed by atoms with E-state index in [-0.39, 0.29) is 18.1 Å². The predicted molar refractivity (Wildman–Crippen MR) is 102 cm³/mol. The summed E-state index contributed by atoms with van der Waals surface area (Å²) in [5.41, 5.74) is 1.69. The van der Waals surface area contributed by atoms with Gasteiger partial charge < -0.3 is 4.90 Å². The first-order valence-electron chi connectivity index (χ1n) is 7.90. The van der Waals surface area contributed by atoms with Crippen LogP contribution in [-0.2, 0) is 0 Å². The van der Waals surface area contributed by atoms with Gasteiger partial charge in [0.25, 0.3) is 5.69 Å². The van der Waals surface area contributed by atoms with Gasteiger partial charge in [-0.1, -0.05) is 12.1 Å². The van der Waals surface area contributed by atoms with Crippen LogP contribution in [0.1, 0.15) is 13.8 Å². The Morgan fingerprint density at radius 2 is 1.64 bits per heavy atom. The van der Waals surface area contributed by atoms with Crippen molar-refractivity contribution in [3.63, 3.8) is 0 Å². The van der Waals surface area contributed by atoms with E-state index in [0.717, 1.165) is 35.4 Å². The second kappa shape index (κ2) is 7.90. The van der Waals surface area contributed by atoms with Gasteiger partial charge in [-0.15, -0.1) is 12.4 Å². The molecule has 25 heavy (non-hydrogen) atoms. The van der Waals surface area contributed by atoms with E-state index in [1.165, 1.54) is 12.1 Å². The van der Waals surface area contributed by atoms with Crippen LogP contribution in [0.3, 0.4) is 0 Å². The van der Waals surface area contributed by atoms with E-state index in [2.05, 4.69) is 23.7 Å². The molecule has 2 aromatic carbocycles. The summed E-state index contributed by atoms with van der Waals surface area (Å²) >= 11 is 0. The van der Waals surface area contributed by atoms with Gasteiger partial charge in [-0.25, -0.2) is 9.97 Å². The van der Waals surface area contributed by atoms with Crippen LogP contribution in [0.2, 0.25) is 0 Å². The third-order valence-corrected chi connectivity index (χ3v) is 3.98. The standard InChI is InChI=1S/C18H18N4O2.ClH/c1-3-21(4-2)18-15-7-5-6-8-16(15)19-17(20-18)13-9-11-14(12-10-13)22(23)24;/h5-12H,3-4H2,1-2H3;1H. The Hall–Kier alpha value is -2.73. The van der Waals surface area contributed by atoms with Crippen molar-refractivity contribution >= 4 is 34.8 Å². The van der Waals surface area contributed by atoms with Crippen LogP contribution in [0, 0.1) is 10.1 Å². The molecule has 1 aromatic heterocycles. The Labute approximate surface area is 152 Å². The molecule has 0 aliphatic carbocycles. The number of hydrogen-bond acceptors (Lipinski definition) is 5. The topological polar surface area (TPSA) is 72.2 Å². The molecule has 0 saturated carbocycles. The fraction of sp³-hybridized carbons (Fsp3) is 0.222. The van der Waals surface area contributed by atoms with Crippen LogP contribution in [0.15, 0.2) is 48.5 Å². The zero-order valence-electron chi connectivity index (χ0n) is 14.0. The maximum absolute atomic E-state index is 10.8. The number of anilines is 1. The van der Waals surface area contributed by atoms with E-state index < -0.39 is 4.92 Å². The van der Waals surface area contributed by atoms with Crippen LogP contribution in [0.25, 0.3) is 22.3 Å². The van der Waals surface area contributed by atoms with E-state index in [0.29, 0.717) is 5.82 Å². The van der Waals surface area contributed by atoms with Crippen molar-refractivity contribution in [1.29, 1.82) is 0 Å². The summed E-state index contributed by atoms with van der Waals surface area (Å²) in [6.45, 7) is 5.87. The van der Waals surface area contributed by atoms with Crippen molar-refractivity contribution < 1.29 is 4.92 Å². The highest BCUT2D eigenvalue weighted by Gasteiger charge is 2.14. The fourth-order valence-electron chi connectivity index (χ4n) is 2.69. The van der Waals surface area contributed by atoms with Gasteiger partial charge in [-0.2, -0.15) is 0 Å². The molecular weight excluding hydrogens is 340 g/mol. The van der Waals surface area contributed by atoms with Gasteiger partial charge in [0.15, 0.2) is 5.82 Å². The number of nitrogens with zero attached hydrogens (tertiary/aromatic N) is 4. The second-order valence-corrected chi connectivity index (χ2v) is 5.36. The lowest BCUT2D eigenvalue weighted by Gasteiger charge is -2.22. The summed E-state index contributed by atoms with van der Waals surface area (Å²) in [6.07, 6.45) is 0. The molecule has 0 radical (unpaired) electrons. The number of aromatic nitrogens is 2. The Bertz CT molecular complexity index is 880. The lowest BCUT2D eigenvalue weighted by atomic mass is 10.1. The molecule has 6 nitrogen and oxygen atoms in total. The summed E-state index contributed by atoms with van der Waals surface area (Å²) in [6, 6.07) is 14.2. The zero-order valence-corrected chi connectivity index (χ0v) is 14.9. The third kappa shape index (κ3) is 3.69. The van der Waals surface area contributed by atoms with Gasteiger partial charge >= 0.3 is 0 Å². The molecule has 0 spiro atoms. The van der Waals surface area contributed by atoms with Crippen molar-refractivity contribution in [1.82, 2.24) is 9.97 Å². The summed E-state index contributed by atoms with van der Waals surface area (Å²) in [7, 11) is 0. The Kier molecular flexibility index (Phi) is 5.88. The maximum Gasteiger partial charge on any atom is 0.269 e. The molecular formula is C18H19ClN4O2. The summed E-state index contributed by atoms with van der Waals surface area (Å²) in [5, 5.41) is 11.8. The summed E-state index contributed by atoms with van der Waals surface area (Å²) < 4.78 is 0. The first-order chi connectivity index (χ1) is 11.6. The molecule has 0 atom stereocenters. The van der Waals surface area contributed by atoms with Gasteiger partial charge in [0, 0.05) is 36.2 Å². The van der Waals surface area contributed by atoms with E-state index in [1.54, 1.807) is 12.1 Å². The normalized spacial score (nSPS) is 10.3. The molecule has 0 fully saturated rings. The lowest BCUT2D eigenvalue weighted by molar-refractivity contribution is -0.384. The van der Waals surface area contributed by atoms with E-state index in [1.807, 2.05) is 24.3 Å². The molecule has 0 aliphatic rings. The van der Waals surface area contributed by atoms with Crippen LogP contribution >= 0.6 is 12.4 Å². The van der Waals surface area contributed by atoms with Crippen LogP contribution < -0.4 is 4.90 Å². The first kappa shape index (κ1) is 18.6. The molecule has 0 saturated heterocycles. The lowest BCUT2D eigenvalue weighted by Crippen LogP contribution is -2.23. The molecule has 1 heterocycles. The molecule has 3 rings (SSSR count). The Morgan fingerprint density at radius 3 is 2.24 bits per heavy atom. The Morgan fingerprint density at radius 1 is 1.00 bits per heavy atom. The number of fused-ring (bicyclic) bond motifs is 1. The van der Waals surface area contributed by atoms with Crippen LogP contribution in [0.5, 0.6) is 0 Å². The zero-order chi connectivity index (χ0) is 17.1. The predicted octanol–water partition coefficient (Wildman–Crippen LogP) is 4.47. The van der Waals surface area contributed by atoms with Gasteiger partial charge in [-0.3, -0.25) is 10.1 Å². The van der Waals surface area contributed by atoms with Gasteiger partial charge in [0.2, 0.25) is 0 Å². The second-order valence-electron chi connectivity index (χ2n) is 5.36. The highest BCUT2D eigenvalue weighted by molar-refractivity contribution is 5.91. The average Bonchev–Trinajstić information content (AvgIpc) is 2.62. The molecule has 0 unspecified atom stereocenters. The quantitative estimate of drug-likeness (QED) is 0.497. The summed E-state index contributed by atoms with van der Waals surface area (Å²) in [5.74, 6) is 1.46. The van der Waals surface area contributed by atoms with Gasteiger partial charge in [0.1, 0.15) is 5.82 Å². The number of halogens is 1. The third-order valence-electron chi connectivity index (χ3n) is 3.98. The van der Waals surface area contributed by atoms with E-state index in [9.17, 15) is 10.1 Å². The van der Waals surface area contributed by atoms with Crippen molar-refractivity contribution in [2.75, 3.05) is 18.0 Å². The minimum atomic E-state index is -0.410. The number of benzene rings is 2. The molecule has 0 N–H and O–H groups in total. The number of rotatable bonds is 5. The SMILES string of the molecule is CCN(CC)c1nc(-c2ccc([N+](=O)[O-])cc2)nc2ccccc12.Cl. The highest BCUT2D eigenvalue weighted by atomic mass is 35.5. The van der Waals surface area contributed by atoms with Crippen molar-refractivity contribution in [2.45, 2.75) is 13.8 Å². The first-order valence-corrected chi connectivity index (χ1v) is 7.90. The minimum absolute atomic E-state index is 0. The molecule has 3 aromatic rings. The fourth-order valence-corrected chi connectivity index (χ4v) is 2.69. The van der Waals surface area contributed by atoms with Crippen molar-refractivity contribution in [3.05, 3.63) is 58.6 Å². The van der Waals surface area contributed by atoms with E-state index in [4.69, 9.17) is 4.98 Å². The van der Waals surface area contributed by atoms with E-state index >= 15 is 0 Å². The number of hydrogen-bond donors (Lipinski definition) is 0. The summed E-state index contributed by atoms with van der Waals surface area (Å²) in [4.78, 5) is 21.9. The van der Waals surface area contributed by atoms with Crippen LogP contribution in [-0.4, -0.2) is 28.0 Å². The molecule has 7 heteroatoms. The van der Waals surface area contributed by atoms with Crippen LogP contribution in [0.4, 0.5) is 11.5 Å². The molecule has 0 amide bonds. The highest BCUT2D eigenvalue weighted by Crippen LogP contribution is 2.28. The Balaban J connectivity index is 0.00000225. The average molecular weight is 359 g/mol. The minimum Gasteiger partial charge on any atom is -0.357 e. The number of non-ortho nitro benzene ring substituents is 1. The van der Waals surface area contributed by atoms with Gasteiger partial charge in [-0.05, 0) is 38.1 Å². The number of para-hydroxylation sites is 1. The largest absolute Gasteiger partial charge is 0.357 e. The number of nitro groups is 1. The smallest absolute Gasteiger partial charge is 0.269 e. The molecule has 130 valence electrons. The van der Waals surface area contributed by atoms with Crippen molar-refractivity contribution in [2.24, 2.45) is 0 Å². The molecule has 0 bridgehead atoms. The van der Waals surface area contributed by atoms with Gasteiger partial charge in [0.05, 0.1) is 10.4 Å². The monoisotopic (exact) mass is 358 g/mol. The van der Waals surface area contributed by atoms with Crippen molar-refractivity contribution in [3.8, 4) is 11.4 Å². The molecule has 0 aliphatic heterocycles.